The van der Waals surface area contributed by atoms with Gasteiger partial charge in [0.2, 0.25) is 0 Å². The third-order valence-corrected chi connectivity index (χ3v) is 4.48. The van der Waals surface area contributed by atoms with E-state index in [0.29, 0.717) is 45.9 Å². The molecule has 0 heterocycles. The number of benzene rings is 1. The second kappa shape index (κ2) is 18.1. The molecule has 0 spiro atoms. The number of ether oxygens (including phenoxy) is 5. The molecule has 30 heavy (non-hydrogen) atoms. The second-order valence-corrected chi connectivity index (χ2v) is 7.14. The van der Waals surface area contributed by atoms with Crippen LogP contribution >= 0.6 is 0 Å². The molecule has 1 aromatic rings. The van der Waals surface area contributed by atoms with Crippen molar-refractivity contribution in [3.8, 4) is 5.75 Å². The zero-order valence-corrected chi connectivity index (χ0v) is 18.6. The van der Waals surface area contributed by atoms with Gasteiger partial charge in [0.1, 0.15) is 5.75 Å². The Morgan fingerprint density at radius 2 is 1.47 bits per heavy atom. The lowest BCUT2D eigenvalue weighted by Gasteiger charge is -2.10. The molecule has 7 nitrogen and oxygen atoms in total. The number of hydrogen-bond acceptors (Lipinski definition) is 7. The van der Waals surface area contributed by atoms with Crippen molar-refractivity contribution < 1.29 is 28.5 Å². The Morgan fingerprint density at radius 3 is 2.10 bits per heavy atom. The number of hydrogen-bond donors (Lipinski definition) is 1. The molecule has 0 radical (unpaired) electrons. The molecular formula is C23H39NO6. The summed E-state index contributed by atoms with van der Waals surface area (Å²) in [4.78, 5) is 10.9. The van der Waals surface area contributed by atoms with E-state index in [-0.39, 0.29) is 12.0 Å². The fourth-order valence-corrected chi connectivity index (χ4v) is 2.70. The largest absolute Gasteiger partial charge is 0.494 e. The lowest BCUT2D eigenvalue weighted by atomic mass is 10.1. The van der Waals surface area contributed by atoms with Crippen LogP contribution in [-0.4, -0.2) is 59.3 Å². The molecule has 0 amide bonds. The van der Waals surface area contributed by atoms with E-state index < -0.39 is 0 Å². The minimum absolute atomic E-state index is 0.0246. The van der Waals surface area contributed by atoms with E-state index in [9.17, 15) is 4.79 Å². The van der Waals surface area contributed by atoms with Gasteiger partial charge in [-0.05, 0) is 50.3 Å². The molecule has 172 valence electrons. The SMILES string of the molecule is COC(=O)CCCOCCOCCOCCCCCCOc1cccc([C@H](C)N)c1. The first-order valence-corrected chi connectivity index (χ1v) is 10.9. The van der Waals surface area contributed by atoms with Gasteiger partial charge in [0.25, 0.3) is 0 Å². The summed E-state index contributed by atoms with van der Waals surface area (Å²) in [5, 5.41) is 0. The fourth-order valence-electron chi connectivity index (χ4n) is 2.70. The van der Waals surface area contributed by atoms with Gasteiger partial charge >= 0.3 is 5.97 Å². The van der Waals surface area contributed by atoms with Crippen LogP contribution in [0.5, 0.6) is 5.75 Å². The minimum atomic E-state index is -0.205. The van der Waals surface area contributed by atoms with Crippen LogP contribution in [-0.2, 0) is 23.7 Å². The van der Waals surface area contributed by atoms with E-state index in [0.717, 1.165) is 50.2 Å². The van der Waals surface area contributed by atoms with Gasteiger partial charge in [-0.1, -0.05) is 18.6 Å². The third kappa shape index (κ3) is 14.3. The van der Waals surface area contributed by atoms with Crippen LogP contribution in [0.3, 0.4) is 0 Å². The number of nitrogens with two attached hydrogens (primary N) is 1. The Kier molecular flexibility index (Phi) is 15.9. The highest BCUT2D eigenvalue weighted by molar-refractivity contribution is 5.68. The van der Waals surface area contributed by atoms with E-state index in [4.69, 9.17) is 24.7 Å². The topological polar surface area (TPSA) is 89.2 Å². The van der Waals surface area contributed by atoms with E-state index >= 15 is 0 Å². The highest BCUT2D eigenvalue weighted by Gasteiger charge is 2.01. The average molecular weight is 426 g/mol. The molecule has 1 rings (SSSR count). The second-order valence-electron chi connectivity index (χ2n) is 7.14. The summed E-state index contributed by atoms with van der Waals surface area (Å²) in [6.07, 6.45) is 5.39. The predicted molar refractivity (Wildman–Crippen MR) is 117 cm³/mol. The van der Waals surface area contributed by atoms with E-state index in [1.807, 2.05) is 31.2 Å². The number of rotatable bonds is 19. The Labute approximate surface area is 181 Å². The maximum atomic E-state index is 10.9. The minimum Gasteiger partial charge on any atom is -0.494 e. The summed E-state index contributed by atoms with van der Waals surface area (Å²) in [5.41, 5.74) is 6.99. The molecule has 0 aliphatic rings. The first-order chi connectivity index (χ1) is 14.6. The maximum absolute atomic E-state index is 10.9. The van der Waals surface area contributed by atoms with Crippen molar-refractivity contribution in [1.29, 1.82) is 0 Å². The van der Waals surface area contributed by atoms with Crippen molar-refractivity contribution in [3.63, 3.8) is 0 Å². The standard InChI is InChI=1S/C23H39NO6/c1-20(24)21-9-7-10-22(19-21)30-14-6-4-3-5-12-27-15-17-29-18-16-28-13-8-11-23(25)26-2/h7,9-10,19-20H,3-6,8,11-18,24H2,1-2H3/t20-/m0/s1. The molecule has 7 heteroatoms. The highest BCUT2D eigenvalue weighted by Crippen LogP contribution is 2.18. The molecule has 2 N–H and O–H groups in total. The number of carbonyl (C=O) groups is 1. The quantitative estimate of drug-likeness (QED) is 0.267. The summed E-state index contributed by atoms with van der Waals surface area (Å²) in [5.74, 6) is 0.684. The van der Waals surface area contributed by atoms with Crippen LogP contribution < -0.4 is 10.5 Å². The van der Waals surface area contributed by atoms with Crippen molar-refractivity contribution >= 4 is 5.97 Å². The first kappa shape index (κ1) is 26.4. The summed E-state index contributed by atoms with van der Waals surface area (Å²) < 4.78 is 26.7. The number of carbonyl (C=O) groups excluding carboxylic acids is 1. The maximum Gasteiger partial charge on any atom is 0.305 e. The number of methoxy groups -OCH3 is 1. The van der Waals surface area contributed by atoms with Crippen LogP contribution in [0.25, 0.3) is 0 Å². The van der Waals surface area contributed by atoms with Gasteiger partial charge in [0.15, 0.2) is 0 Å². The lowest BCUT2D eigenvalue weighted by molar-refractivity contribution is -0.141. The van der Waals surface area contributed by atoms with Crippen LogP contribution in [0.2, 0.25) is 0 Å². The van der Waals surface area contributed by atoms with Crippen molar-refractivity contribution in [2.24, 2.45) is 5.73 Å². The third-order valence-electron chi connectivity index (χ3n) is 4.48. The van der Waals surface area contributed by atoms with E-state index in [2.05, 4.69) is 4.74 Å². The molecule has 0 unspecified atom stereocenters. The van der Waals surface area contributed by atoms with Crippen molar-refractivity contribution in [2.75, 3.05) is 53.4 Å². The summed E-state index contributed by atoms with van der Waals surface area (Å²) in [6, 6.07) is 8.01. The molecule has 0 bridgehead atoms. The predicted octanol–water partition coefficient (Wildman–Crippen LogP) is 3.65. The molecule has 0 aliphatic carbocycles. The van der Waals surface area contributed by atoms with E-state index in [1.54, 1.807) is 0 Å². The Hall–Kier alpha value is -1.67. The summed E-state index contributed by atoms with van der Waals surface area (Å²) in [7, 11) is 1.39. The van der Waals surface area contributed by atoms with Gasteiger partial charge in [-0.25, -0.2) is 0 Å². The average Bonchev–Trinajstić information content (AvgIpc) is 2.75. The van der Waals surface area contributed by atoms with E-state index in [1.165, 1.54) is 7.11 Å². The van der Waals surface area contributed by atoms with Crippen molar-refractivity contribution in [1.82, 2.24) is 0 Å². The van der Waals surface area contributed by atoms with Gasteiger partial charge in [-0.2, -0.15) is 0 Å². The lowest BCUT2D eigenvalue weighted by Crippen LogP contribution is -2.11. The zero-order chi connectivity index (χ0) is 21.9. The van der Waals surface area contributed by atoms with Crippen LogP contribution in [0.1, 0.15) is 57.1 Å². The molecular weight excluding hydrogens is 386 g/mol. The molecule has 0 saturated carbocycles. The van der Waals surface area contributed by atoms with Crippen LogP contribution in [0.15, 0.2) is 24.3 Å². The summed E-state index contributed by atoms with van der Waals surface area (Å²) in [6.45, 7) is 6.22. The number of esters is 1. The van der Waals surface area contributed by atoms with Crippen molar-refractivity contribution in [3.05, 3.63) is 29.8 Å². The van der Waals surface area contributed by atoms with Gasteiger partial charge < -0.3 is 29.4 Å². The fraction of sp³-hybridized carbons (Fsp3) is 0.696. The monoisotopic (exact) mass is 425 g/mol. The van der Waals surface area contributed by atoms with Gasteiger partial charge in [0.05, 0.1) is 40.1 Å². The van der Waals surface area contributed by atoms with Gasteiger partial charge in [-0.3, -0.25) is 4.79 Å². The summed E-state index contributed by atoms with van der Waals surface area (Å²) >= 11 is 0. The highest BCUT2D eigenvalue weighted by atomic mass is 16.5. The smallest absolute Gasteiger partial charge is 0.305 e. The molecule has 0 saturated heterocycles. The molecule has 0 aromatic heterocycles. The van der Waals surface area contributed by atoms with Crippen molar-refractivity contribution in [2.45, 2.75) is 51.5 Å². The zero-order valence-electron chi connectivity index (χ0n) is 18.6. The van der Waals surface area contributed by atoms with Crippen LogP contribution in [0.4, 0.5) is 0 Å². The normalized spacial score (nSPS) is 12.0. The molecule has 0 aliphatic heterocycles. The number of unbranched alkanes of at least 4 members (excludes halogenated alkanes) is 3. The molecule has 1 aromatic carbocycles. The van der Waals surface area contributed by atoms with Gasteiger partial charge in [-0.15, -0.1) is 0 Å². The van der Waals surface area contributed by atoms with Crippen LogP contribution in [0, 0.1) is 0 Å². The molecule has 0 fully saturated rings. The Morgan fingerprint density at radius 1 is 0.867 bits per heavy atom. The Bertz CT molecular complexity index is 552. The Balaban J connectivity index is 1.80. The molecule has 1 atom stereocenters. The first-order valence-electron chi connectivity index (χ1n) is 10.9. The van der Waals surface area contributed by atoms with Gasteiger partial charge in [0, 0.05) is 25.7 Å².